The van der Waals surface area contributed by atoms with Gasteiger partial charge in [0.25, 0.3) is 0 Å². The number of Topliss-reactive ketones (excluding diaryl/α,β-unsaturated/α-hetero) is 1. The Balaban J connectivity index is 1.73. The van der Waals surface area contributed by atoms with E-state index in [2.05, 4.69) is 17.5 Å². The first kappa shape index (κ1) is 11.4. The van der Waals surface area contributed by atoms with E-state index >= 15 is 0 Å². The first-order valence-corrected chi connectivity index (χ1v) is 6.60. The highest BCUT2D eigenvalue weighted by Gasteiger charge is 2.12. The minimum Gasteiger partial charge on any atom is -0.501 e. The molecule has 2 heterocycles. The van der Waals surface area contributed by atoms with Crippen LogP contribution in [-0.2, 0) is 16.0 Å². The molecule has 0 amide bonds. The number of aryl methyl sites for hydroxylation is 1. The van der Waals surface area contributed by atoms with E-state index in [-0.39, 0.29) is 5.78 Å². The SMILES string of the molecule is O=C(CCCc1cccs1)C1=COCCC1. The van der Waals surface area contributed by atoms with Crippen LogP contribution in [0.2, 0.25) is 0 Å². The van der Waals surface area contributed by atoms with Crippen LogP contribution in [0.15, 0.2) is 29.3 Å². The van der Waals surface area contributed by atoms with Gasteiger partial charge in [-0.2, -0.15) is 0 Å². The Morgan fingerprint density at radius 3 is 3.12 bits per heavy atom. The van der Waals surface area contributed by atoms with Crippen LogP contribution in [0.1, 0.15) is 30.6 Å². The monoisotopic (exact) mass is 236 g/mol. The fourth-order valence-corrected chi connectivity index (χ4v) is 2.56. The highest BCUT2D eigenvalue weighted by Crippen LogP contribution is 2.17. The molecule has 0 atom stereocenters. The fraction of sp³-hybridized carbons (Fsp3) is 0.462. The lowest BCUT2D eigenvalue weighted by Gasteiger charge is -2.12. The average molecular weight is 236 g/mol. The number of thiophene rings is 1. The molecule has 0 aromatic carbocycles. The van der Waals surface area contributed by atoms with Gasteiger partial charge in [0.2, 0.25) is 0 Å². The van der Waals surface area contributed by atoms with Crippen molar-refractivity contribution >= 4 is 17.1 Å². The second kappa shape index (κ2) is 5.85. The van der Waals surface area contributed by atoms with E-state index in [4.69, 9.17) is 4.74 Å². The van der Waals surface area contributed by atoms with Gasteiger partial charge < -0.3 is 4.74 Å². The standard InChI is InChI=1S/C13H16O2S/c14-13(11-4-2-8-15-10-11)7-1-5-12-6-3-9-16-12/h3,6,9-10H,1-2,4-5,7-8H2. The van der Waals surface area contributed by atoms with Gasteiger partial charge >= 0.3 is 0 Å². The van der Waals surface area contributed by atoms with E-state index in [1.54, 1.807) is 17.6 Å². The van der Waals surface area contributed by atoms with Crippen molar-refractivity contribution < 1.29 is 9.53 Å². The maximum atomic E-state index is 11.8. The molecule has 0 bridgehead atoms. The lowest BCUT2D eigenvalue weighted by Crippen LogP contribution is -2.08. The second-order valence-electron chi connectivity index (χ2n) is 3.97. The summed E-state index contributed by atoms with van der Waals surface area (Å²) in [6.07, 6.45) is 6.11. The Hall–Kier alpha value is -1.09. The third kappa shape index (κ3) is 3.20. The van der Waals surface area contributed by atoms with Gasteiger partial charge in [0.1, 0.15) is 0 Å². The van der Waals surface area contributed by atoms with Gasteiger partial charge in [-0.15, -0.1) is 11.3 Å². The van der Waals surface area contributed by atoms with E-state index in [0.29, 0.717) is 6.42 Å². The zero-order valence-electron chi connectivity index (χ0n) is 9.28. The van der Waals surface area contributed by atoms with Crippen molar-refractivity contribution in [2.24, 2.45) is 0 Å². The molecule has 0 aliphatic carbocycles. The Kier molecular flexibility index (Phi) is 4.17. The molecule has 2 nitrogen and oxygen atoms in total. The zero-order valence-corrected chi connectivity index (χ0v) is 10.1. The zero-order chi connectivity index (χ0) is 11.2. The Labute approximate surface area is 99.9 Å². The molecule has 1 aliphatic rings. The predicted octanol–water partition coefficient (Wildman–Crippen LogP) is 3.33. The predicted molar refractivity (Wildman–Crippen MR) is 65.5 cm³/mol. The van der Waals surface area contributed by atoms with Gasteiger partial charge in [-0.05, 0) is 37.1 Å². The molecule has 0 fully saturated rings. The molecule has 0 N–H and O–H groups in total. The van der Waals surface area contributed by atoms with Crippen molar-refractivity contribution in [3.05, 3.63) is 34.2 Å². The smallest absolute Gasteiger partial charge is 0.161 e. The van der Waals surface area contributed by atoms with E-state index in [9.17, 15) is 4.79 Å². The quantitative estimate of drug-likeness (QED) is 0.783. The van der Waals surface area contributed by atoms with Crippen LogP contribution < -0.4 is 0 Å². The van der Waals surface area contributed by atoms with E-state index in [1.165, 1.54) is 4.88 Å². The molecule has 0 spiro atoms. The van der Waals surface area contributed by atoms with Gasteiger partial charge in [-0.25, -0.2) is 0 Å². The Morgan fingerprint density at radius 1 is 1.50 bits per heavy atom. The number of hydrogen-bond donors (Lipinski definition) is 0. The fourth-order valence-electron chi connectivity index (χ4n) is 1.81. The number of hydrogen-bond acceptors (Lipinski definition) is 3. The molecule has 86 valence electrons. The maximum Gasteiger partial charge on any atom is 0.161 e. The average Bonchev–Trinajstić information content (AvgIpc) is 2.83. The molecular formula is C13H16O2S. The first-order valence-electron chi connectivity index (χ1n) is 5.72. The largest absolute Gasteiger partial charge is 0.501 e. The number of ether oxygens (including phenoxy) is 1. The highest BCUT2D eigenvalue weighted by atomic mass is 32.1. The minimum atomic E-state index is 0.260. The number of rotatable bonds is 5. The summed E-state index contributed by atoms with van der Waals surface area (Å²) < 4.78 is 5.17. The molecule has 0 unspecified atom stereocenters. The van der Waals surface area contributed by atoms with E-state index in [1.807, 2.05) is 0 Å². The molecule has 2 rings (SSSR count). The van der Waals surface area contributed by atoms with E-state index in [0.717, 1.165) is 37.9 Å². The second-order valence-corrected chi connectivity index (χ2v) is 5.01. The van der Waals surface area contributed by atoms with Gasteiger partial charge in [0, 0.05) is 16.9 Å². The van der Waals surface area contributed by atoms with Crippen molar-refractivity contribution in [3.8, 4) is 0 Å². The summed E-state index contributed by atoms with van der Waals surface area (Å²) in [5.41, 5.74) is 0.873. The van der Waals surface area contributed by atoms with Crippen LogP contribution in [0, 0.1) is 0 Å². The third-order valence-electron chi connectivity index (χ3n) is 2.70. The molecule has 0 saturated heterocycles. The van der Waals surface area contributed by atoms with E-state index < -0.39 is 0 Å². The van der Waals surface area contributed by atoms with Crippen LogP contribution in [0.25, 0.3) is 0 Å². The molecule has 0 saturated carbocycles. The number of carbonyl (C=O) groups is 1. The molecule has 1 aromatic heterocycles. The summed E-state index contributed by atoms with van der Waals surface area (Å²) in [6.45, 7) is 0.756. The van der Waals surface area contributed by atoms with Gasteiger partial charge in [0.15, 0.2) is 5.78 Å². The van der Waals surface area contributed by atoms with Crippen molar-refractivity contribution in [2.45, 2.75) is 32.1 Å². The lowest BCUT2D eigenvalue weighted by molar-refractivity contribution is -0.116. The third-order valence-corrected chi connectivity index (χ3v) is 3.64. The summed E-state index contributed by atoms with van der Waals surface area (Å²) in [4.78, 5) is 13.1. The number of ketones is 1. The highest BCUT2D eigenvalue weighted by molar-refractivity contribution is 7.09. The van der Waals surface area contributed by atoms with Gasteiger partial charge in [-0.3, -0.25) is 4.79 Å². The van der Waals surface area contributed by atoms with Crippen LogP contribution in [0.5, 0.6) is 0 Å². The van der Waals surface area contributed by atoms with Crippen LogP contribution in [0.4, 0.5) is 0 Å². The normalized spacial score (nSPS) is 15.4. The van der Waals surface area contributed by atoms with Crippen LogP contribution in [-0.4, -0.2) is 12.4 Å². The Morgan fingerprint density at radius 2 is 2.44 bits per heavy atom. The summed E-state index contributed by atoms with van der Waals surface area (Å²) >= 11 is 1.76. The summed E-state index contributed by atoms with van der Waals surface area (Å²) in [5.74, 6) is 0.260. The molecule has 1 aliphatic heterocycles. The summed E-state index contributed by atoms with van der Waals surface area (Å²) in [5, 5.41) is 2.08. The van der Waals surface area contributed by atoms with Crippen molar-refractivity contribution in [1.29, 1.82) is 0 Å². The van der Waals surface area contributed by atoms with Gasteiger partial charge in [0.05, 0.1) is 12.9 Å². The molecule has 3 heteroatoms. The molecule has 0 radical (unpaired) electrons. The Bertz CT molecular complexity index is 365. The lowest BCUT2D eigenvalue weighted by atomic mass is 10.0. The topological polar surface area (TPSA) is 26.3 Å². The summed E-state index contributed by atoms with van der Waals surface area (Å²) in [6, 6.07) is 4.18. The minimum absolute atomic E-state index is 0.260. The first-order chi connectivity index (χ1) is 7.86. The van der Waals surface area contributed by atoms with Crippen LogP contribution in [0.3, 0.4) is 0 Å². The maximum absolute atomic E-state index is 11.8. The van der Waals surface area contributed by atoms with Crippen LogP contribution >= 0.6 is 11.3 Å². The number of allylic oxidation sites excluding steroid dienone is 1. The molecule has 1 aromatic rings. The molecule has 16 heavy (non-hydrogen) atoms. The van der Waals surface area contributed by atoms with Gasteiger partial charge in [-0.1, -0.05) is 6.07 Å². The van der Waals surface area contributed by atoms with Crippen molar-refractivity contribution in [2.75, 3.05) is 6.61 Å². The van der Waals surface area contributed by atoms with Crippen molar-refractivity contribution in [1.82, 2.24) is 0 Å². The molecular weight excluding hydrogens is 220 g/mol. The number of carbonyl (C=O) groups excluding carboxylic acids is 1. The summed E-state index contributed by atoms with van der Waals surface area (Å²) in [7, 11) is 0. The van der Waals surface area contributed by atoms with Crippen molar-refractivity contribution in [3.63, 3.8) is 0 Å².